The molecule has 0 amide bonds. The van der Waals surface area contributed by atoms with E-state index in [1.807, 2.05) is 37.3 Å². The number of carbonyl (C=O) groups is 1. The van der Waals surface area contributed by atoms with Crippen molar-refractivity contribution < 1.29 is 19.1 Å². The van der Waals surface area contributed by atoms with Crippen LogP contribution >= 0.6 is 11.8 Å². The van der Waals surface area contributed by atoms with Crippen molar-refractivity contribution in [2.45, 2.75) is 25.2 Å². The van der Waals surface area contributed by atoms with Gasteiger partial charge >= 0.3 is 0 Å². The van der Waals surface area contributed by atoms with Crippen LogP contribution in [0.1, 0.15) is 23.9 Å². The molecule has 0 unspecified atom stereocenters. The maximum absolute atomic E-state index is 11.4. The number of aryl methyl sites for hydroxylation is 1. The fourth-order valence-electron chi connectivity index (χ4n) is 2.20. The number of rotatable bonds is 8. The molecule has 138 valence electrons. The van der Waals surface area contributed by atoms with Crippen LogP contribution in [-0.4, -0.2) is 16.2 Å². The van der Waals surface area contributed by atoms with Gasteiger partial charge in [0.25, 0.3) is 5.22 Å². The van der Waals surface area contributed by atoms with Crippen LogP contribution in [0.2, 0.25) is 0 Å². The van der Waals surface area contributed by atoms with Crippen molar-refractivity contribution in [1.82, 2.24) is 10.2 Å². The van der Waals surface area contributed by atoms with Crippen molar-refractivity contribution in [3.8, 4) is 5.75 Å². The quantitative estimate of drug-likeness (QED) is 0.437. The highest BCUT2D eigenvalue weighted by molar-refractivity contribution is 8.03. The number of ether oxygens (including phenoxy) is 1. The lowest BCUT2D eigenvalue weighted by Crippen LogP contribution is -2.23. The number of carboxylic acids is 1. The number of benzene rings is 2. The zero-order chi connectivity index (χ0) is 19.1. The molecule has 0 aliphatic heterocycles. The van der Waals surface area contributed by atoms with Crippen LogP contribution in [0.25, 0.3) is 6.08 Å². The molecule has 0 saturated heterocycles. The predicted molar refractivity (Wildman–Crippen MR) is 99.7 cm³/mol. The topological polar surface area (TPSA) is 88.3 Å². The summed E-state index contributed by atoms with van der Waals surface area (Å²) in [5.74, 6) is -0.154. The van der Waals surface area contributed by atoms with E-state index in [4.69, 9.17) is 9.15 Å². The number of hydrogen-bond acceptors (Lipinski definition) is 7. The van der Waals surface area contributed by atoms with Crippen LogP contribution < -0.4 is 9.84 Å². The minimum Gasteiger partial charge on any atom is -0.544 e. The van der Waals surface area contributed by atoms with Crippen LogP contribution in [0.3, 0.4) is 0 Å². The molecule has 0 N–H and O–H groups in total. The third-order valence-corrected chi connectivity index (χ3v) is 4.42. The minimum absolute atomic E-state index is 0.0146. The Morgan fingerprint density at radius 3 is 2.52 bits per heavy atom. The second-order valence-corrected chi connectivity index (χ2v) is 6.55. The number of aromatic nitrogens is 2. The lowest BCUT2D eigenvalue weighted by Gasteiger charge is -2.08. The van der Waals surface area contributed by atoms with Crippen LogP contribution in [0.4, 0.5) is 0 Å². The summed E-state index contributed by atoms with van der Waals surface area (Å²) in [6.45, 7) is 2.34. The molecular formula is C20H17N2O4S-. The molecule has 0 aliphatic rings. The average Bonchev–Trinajstić information content (AvgIpc) is 3.15. The number of carboxylic acid groups (broad SMARTS) is 1. The first-order valence-corrected chi connectivity index (χ1v) is 9.15. The first-order chi connectivity index (χ1) is 13.1. The van der Waals surface area contributed by atoms with Gasteiger partial charge in [-0.15, -0.1) is 10.2 Å². The third-order valence-electron chi connectivity index (χ3n) is 3.58. The molecule has 0 aliphatic carbocycles. The van der Waals surface area contributed by atoms with Gasteiger partial charge in [-0.3, -0.25) is 0 Å². The van der Waals surface area contributed by atoms with Crippen molar-refractivity contribution in [3.05, 3.63) is 76.5 Å². The Bertz CT molecular complexity index is 921. The molecule has 1 heterocycles. The minimum atomic E-state index is -1.30. The fraction of sp³-hybridized carbons (Fsp3) is 0.150. The molecule has 0 saturated carbocycles. The van der Waals surface area contributed by atoms with Crippen molar-refractivity contribution in [2.75, 3.05) is 0 Å². The fourth-order valence-corrected chi connectivity index (χ4v) is 2.88. The SMILES string of the molecule is CCc1nnc(S/C(=C\c2ccc(OCc3ccccc3)cc2)C(=O)[O-])o1. The monoisotopic (exact) mass is 381 g/mol. The summed E-state index contributed by atoms with van der Waals surface area (Å²) in [5.41, 5.74) is 1.77. The van der Waals surface area contributed by atoms with Gasteiger partial charge in [0.05, 0.1) is 5.97 Å². The highest BCUT2D eigenvalue weighted by atomic mass is 32.2. The predicted octanol–water partition coefficient (Wildman–Crippen LogP) is 3.09. The molecule has 7 heteroatoms. The Labute approximate surface area is 160 Å². The molecule has 27 heavy (non-hydrogen) atoms. The van der Waals surface area contributed by atoms with Gasteiger partial charge in [0.2, 0.25) is 5.89 Å². The van der Waals surface area contributed by atoms with Crippen molar-refractivity contribution in [3.63, 3.8) is 0 Å². The molecule has 0 atom stereocenters. The molecule has 2 aromatic carbocycles. The second kappa shape index (κ2) is 9.05. The van der Waals surface area contributed by atoms with Crippen molar-refractivity contribution >= 4 is 23.8 Å². The van der Waals surface area contributed by atoms with E-state index in [0.717, 1.165) is 17.3 Å². The molecule has 1 aromatic heterocycles. The van der Waals surface area contributed by atoms with Gasteiger partial charge < -0.3 is 19.1 Å². The molecule has 3 aromatic rings. The first kappa shape index (κ1) is 18.7. The Balaban J connectivity index is 1.67. The van der Waals surface area contributed by atoms with E-state index in [1.165, 1.54) is 6.08 Å². The highest BCUT2D eigenvalue weighted by Crippen LogP contribution is 2.27. The van der Waals surface area contributed by atoms with Gasteiger partial charge in [-0.1, -0.05) is 49.4 Å². The molecule has 6 nitrogen and oxygen atoms in total. The zero-order valence-electron chi connectivity index (χ0n) is 14.6. The molecule has 0 bridgehead atoms. The largest absolute Gasteiger partial charge is 0.544 e. The van der Waals surface area contributed by atoms with E-state index >= 15 is 0 Å². The lowest BCUT2D eigenvalue weighted by molar-refractivity contribution is -0.298. The van der Waals surface area contributed by atoms with E-state index in [2.05, 4.69) is 10.2 Å². The number of hydrogen-bond donors (Lipinski definition) is 0. The van der Waals surface area contributed by atoms with Crippen LogP contribution in [0, 0.1) is 0 Å². The summed E-state index contributed by atoms with van der Waals surface area (Å²) in [4.78, 5) is 11.4. The molecule has 0 spiro atoms. The van der Waals surface area contributed by atoms with Gasteiger partial charge in [-0.25, -0.2) is 0 Å². The zero-order valence-corrected chi connectivity index (χ0v) is 15.4. The van der Waals surface area contributed by atoms with Crippen LogP contribution in [-0.2, 0) is 17.8 Å². The maximum Gasteiger partial charge on any atom is 0.281 e. The number of aliphatic carboxylic acids is 1. The first-order valence-electron chi connectivity index (χ1n) is 8.34. The maximum atomic E-state index is 11.4. The van der Waals surface area contributed by atoms with E-state index in [-0.39, 0.29) is 10.1 Å². The number of nitrogens with zero attached hydrogens (tertiary/aromatic N) is 2. The van der Waals surface area contributed by atoms with Crippen molar-refractivity contribution in [2.24, 2.45) is 0 Å². The van der Waals surface area contributed by atoms with Gasteiger partial charge in [0, 0.05) is 11.3 Å². The summed E-state index contributed by atoms with van der Waals surface area (Å²) >= 11 is 0.867. The van der Waals surface area contributed by atoms with E-state index in [1.54, 1.807) is 24.3 Å². The number of thioether (sulfide) groups is 1. The normalized spacial score (nSPS) is 11.4. The van der Waals surface area contributed by atoms with Gasteiger partial charge in [0.15, 0.2) is 0 Å². The van der Waals surface area contributed by atoms with E-state index in [0.29, 0.717) is 30.2 Å². The second-order valence-electron chi connectivity index (χ2n) is 5.56. The van der Waals surface area contributed by atoms with Crippen molar-refractivity contribution in [1.29, 1.82) is 0 Å². The van der Waals surface area contributed by atoms with Gasteiger partial charge in [-0.05, 0) is 41.1 Å². The average molecular weight is 381 g/mol. The summed E-state index contributed by atoms with van der Waals surface area (Å²) in [6.07, 6.45) is 2.08. The summed E-state index contributed by atoms with van der Waals surface area (Å²) < 4.78 is 11.1. The highest BCUT2D eigenvalue weighted by Gasteiger charge is 2.10. The van der Waals surface area contributed by atoms with Crippen LogP contribution in [0.15, 0.2) is 69.1 Å². The standard InChI is InChI=1S/C20H18N2O4S/c1-2-18-21-22-20(26-18)27-17(19(23)24)12-14-8-10-16(11-9-14)25-13-15-6-4-3-5-7-15/h3-12H,2,13H2,1H3,(H,23,24)/p-1/b17-12-. The Morgan fingerprint density at radius 2 is 1.89 bits per heavy atom. The molecular weight excluding hydrogens is 364 g/mol. The Kier molecular flexibility index (Phi) is 6.27. The van der Waals surface area contributed by atoms with Gasteiger partial charge in [0.1, 0.15) is 12.4 Å². The van der Waals surface area contributed by atoms with E-state index < -0.39 is 5.97 Å². The smallest absolute Gasteiger partial charge is 0.281 e. The summed E-state index contributed by atoms with van der Waals surface area (Å²) in [6, 6.07) is 17.0. The van der Waals surface area contributed by atoms with E-state index in [9.17, 15) is 9.90 Å². The molecule has 3 rings (SSSR count). The molecule has 0 fully saturated rings. The lowest BCUT2D eigenvalue weighted by atomic mass is 10.2. The Hall–Kier alpha value is -3.06. The number of carbonyl (C=O) groups excluding carboxylic acids is 1. The summed E-state index contributed by atoms with van der Waals surface area (Å²) in [7, 11) is 0. The third kappa shape index (κ3) is 5.46. The van der Waals surface area contributed by atoms with Crippen LogP contribution in [0.5, 0.6) is 5.75 Å². The molecule has 0 radical (unpaired) electrons. The Morgan fingerprint density at radius 1 is 1.15 bits per heavy atom. The summed E-state index contributed by atoms with van der Waals surface area (Å²) in [5, 5.41) is 19.2. The van der Waals surface area contributed by atoms with Gasteiger partial charge in [-0.2, -0.15) is 0 Å².